The lowest BCUT2D eigenvalue weighted by molar-refractivity contribution is -0.123. The van der Waals surface area contributed by atoms with E-state index in [-0.39, 0.29) is 29.5 Å². The lowest BCUT2D eigenvalue weighted by Crippen LogP contribution is -2.32. The fraction of sp³-hybridized carbons (Fsp3) is 0.438. The van der Waals surface area contributed by atoms with Gasteiger partial charge in [0.1, 0.15) is 0 Å². The molecule has 2 aliphatic rings. The molecule has 1 aliphatic heterocycles. The summed E-state index contributed by atoms with van der Waals surface area (Å²) < 4.78 is 0. The Morgan fingerprint density at radius 2 is 2.05 bits per heavy atom. The first-order valence-electron chi connectivity index (χ1n) is 7.27. The fourth-order valence-electron chi connectivity index (χ4n) is 2.43. The number of alkyl halides is 1. The molecule has 2 N–H and O–H groups in total. The van der Waals surface area contributed by atoms with Gasteiger partial charge in [0.05, 0.1) is 11.1 Å². The predicted octanol–water partition coefficient (Wildman–Crippen LogP) is 2.36. The van der Waals surface area contributed by atoms with Crippen LogP contribution in [0.1, 0.15) is 25.8 Å². The molecule has 116 valence electrons. The summed E-state index contributed by atoms with van der Waals surface area (Å²) in [4.78, 5) is 23.5. The molecule has 1 aromatic carbocycles. The van der Waals surface area contributed by atoms with Crippen molar-refractivity contribution in [2.24, 2.45) is 22.4 Å². The van der Waals surface area contributed by atoms with Gasteiger partial charge in [-0.2, -0.15) is 5.10 Å². The summed E-state index contributed by atoms with van der Waals surface area (Å²) in [6, 6.07) is 7.51. The van der Waals surface area contributed by atoms with Gasteiger partial charge in [-0.3, -0.25) is 9.59 Å². The van der Waals surface area contributed by atoms with Crippen molar-refractivity contribution in [2.45, 2.75) is 20.3 Å². The van der Waals surface area contributed by atoms with E-state index in [1.807, 2.05) is 24.3 Å². The minimum atomic E-state index is -0.612. The number of fused-ring (bicyclic) bond motifs is 1. The Kier molecular flexibility index (Phi) is 3.68. The van der Waals surface area contributed by atoms with Gasteiger partial charge in [0.15, 0.2) is 0 Å². The predicted molar refractivity (Wildman–Crippen MR) is 85.8 cm³/mol. The molecule has 0 bridgehead atoms. The number of carbonyl (C=O) groups is 2. The maximum Gasteiger partial charge on any atom is 0.243 e. The van der Waals surface area contributed by atoms with Gasteiger partial charge in [0.2, 0.25) is 11.8 Å². The van der Waals surface area contributed by atoms with Gasteiger partial charge in [-0.05, 0) is 38.0 Å². The number of halogens is 1. The first-order valence-corrected chi connectivity index (χ1v) is 7.81. The second-order valence-electron chi connectivity index (χ2n) is 6.47. The van der Waals surface area contributed by atoms with Crippen LogP contribution in [-0.2, 0) is 9.59 Å². The standard InChI is InChI=1S/C16H18ClN3O2/c1-16(2,8-17)15(22)18-10-5-3-9(4-6-10)13-11-7-12(11)14(21)20-19-13/h3-6,11-12H,7-8H2,1-2H3,(H,18,22)(H,20,21). The Balaban J connectivity index is 1.71. The van der Waals surface area contributed by atoms with Crippen molar-refractivity contribution >= 4 is 34.8 Å². The first kappa shape index (κ1) is 15.0. The molecular weight excluding hydrogens is 302 g/mol. The zero-order chi connectivity index (χ0) is 15.9. The molecule has 0 aromatic heterocycles. The molecule has 0 spiro atoms. The molecule has 1 aliphatic carbocycles. The second kappa shape index (κ2) is 5.39. The number of nitrogens with one attached hydrogen (secondary N) is 2. The number of anilines is 1. The summed E-state index contributed by atoms with van der Waals surface area (Å²) in [5, 5.41) is 7.02. The second-order valence-corrected chi connectivity index (χ2v) is 6.74. The Morgan fingerprint density at radius 1 is 1.36 bits per heavy atom. The highest BCUT2D eigenvalue weighted by atomic mass is 35.5. The van der Waals surface area contributed by atoms with E-state index in [0.29, 0.717) is 0 Å². The van der Waals surface area contributed by atoms with E-state index in [0.717, 1.165) is 23.4 Å². The van der Waals surface area contributed by atoms with E-state index in [1.54, 1.807) is 13.8 Å². The largest absolute Gasteiger partial charge is 0.326 e. The van der Waals surface area contributed by atoms with Crippen LogP contribution >= 0.6 is 11.6 Å². The Bertz CT molecular complexity index is 652. The quantitative estimate of drug-likeness (QED) is 0.836. The topological polar surface area (TPSA) is 70.6 Å². The molecule has 2 atom stereocenters. The zero-order valence-electron chi connectivity index (χ0n) is 12.5. The Labute approximate surface area is 134 Å². The highest BCUT2D eigenvalue weighted by Crippen LogP contribution is 2.43. The summed E-state index contributed by atoms with van der Waals surface area (Å²) in [6.45, 7) is 3.60. The molecule has 5 nitrogen and oxygen atoms in total. The SMILES string of the molecule is CC(C)(CCl)C(=O)Nc1ccc(C2=NNC(=O)C3CC23)cc1. The fourth-order valence-corrected chi connectivity index (χ4v) is 2.55. The molecule has 2 amide bonds. The van der Waals surface area contributed by atoms with Crippen molar-refractivity contribution in [1.82, 2.24) is 5.43 Å². The molecule has 22 heavy (non-hydrogen) atoms. The van der Waals surface area contributed by atoms with Crippen LogP contribution < -0.4 is 10.7 Å². The van der Waals surface area contributed by atoms with E-state index in [4.69, 9.17) is 11.6 Å². The molecule has 6 heteroatoms. The van der Waals surface area contributed by atoms with Crippen LogP contribution in [0.25, 0.3) is 0 Å². The molecule has 1 fully saturated rings. The van der Waals surface area contributed by atoms with Gasteiger partial charge in [-0.1, -0.05) is 12.1 Å². The van der Waals surface area contributed by atoms with Crippen molar-refractivity contribution in [3.8, 4) is 0 Å². The van der Waals surface area contributed by atoms with Gasteiger partial charge < -0.3 is 5.32 Å². The van der Waals surface area contributed by atoms with Crippen LogP contribution in [0.5, 0.6) is 0 Å². The van der Waals surface area contributed by atoms with Gasteiger partial charge >= 0.3 is 0 Å². The molecule has 0 saturated heterocycles. The molecule has 2 unspecified atom stereocenters. The summed E-state index contributed by atoms with van der Waals surface area (Å²) >= 11 is 5.80. The third-order valence-electron chi connectivity index (χ3n) is 4.15. The van der Waals surface area contributed by atoms with Crippen LogP contribution in [0.2, 0.25) is 0 Å². The highest BCUT2D eigenvalue weighted by molar-refractivity contribution is 6.20. The first-order chi connectivity index (χ1) is 10.4. The van der Waals surface area contributed by atoms with Crippen molar-refractivity contribution in [2.75, 3.05) is 11.2 Å². The Morgan fingerprint density at radius 3 is 2.68 bits per heavy atom. The van der Waals surface area contributed by atoms with Crippen LogP contribution in [0.4, 0.5) is 5.69 Å². The average Bonchev–Trinajstić information content (AvgIpc) is 3.30. The highest BCUT2D eigenvalue weighted by Gasteiger charge is 2.49. The Hall–Kier alpha value is -1.88. The van der Waals surface area contributed by atoms with Gasteiger partial charge in [0, 0.05) is 23.4 Å². The van der Waals surface area contributed by atoms with E-state index in [1.165, 1.54) is 0 Å². The maximum atomic E-state index is 12.1. The molecule has 1 heterocycles. The monoisotopic (exact) mass is 319 g/mol. The molecule has 1 saturated carbocycles. The normalized spacial score (nSPS) is 23.2. The lowest BCUT2D eigenvalue weighted by atomic mass is 9.95. The summed E-state index contributed by atoms with van der Waals surface area (Å²) in [6.07, 6.45) is 0.868. The number of hydrogen-bond acceptors (Lipinski definition) is 3. The van der Waals surface area contributed by atoms with Gasteiger partial charge in [-0.15, -0.1) is 11.6 Å². The smallest absolute Gasteiger partial charge is 0.243 e. The van der Waals surface area contributed by atoms with Crippen molar-refractivity contribution < 1.29 is 9.59 Å². The summed E-state index contributed by atoms with van der Waals surface area (Å²) in [7, 11) is 0. The van der Waals surface area contributed by atoms with Crippen LogP contribution in [0.15, 0.2) is 29.4 Å². The number of hydrazone groups is 1. The van der Waals surface area contributed by atoms with Crippen LogP contribution in [-0.4, -0.2) is 23.4 Å². The van der Waals surface area contributed by atoms with Crippen molar-refractivity contribution in [3.05, 3.63) is 29.8 Å². The third-order valence-corrected chi connectivity index (χ3v) is 4.82. The molecule has 0 radical (unpaired) electrons. The minimum absolute atomic E-state index is 0.0148. The molecule has 3 rings (SSSR count). The molecule has 1 aromatic rings. The van der Waals surface area contributed by atoms with Crippen LogP contribution in [0.3, 0.4) is 0 Å². The van der Waals surface area contributed by atoms with E-state index in [9.17, 15) is 9.59 Å². The zero-order valence-corrected chi connectivity index (χ0v) is 13.3. The third kappa shape index (κ3) is 2.73. The number of hydrogen-bond donors (Lipinski definition) is 2. The van der Waals surface area contributed by atoms with Gasteiger partial charge in [-0.25, -0.2) is 5.43 Å². The average molecular weight is 320 g/mol. The molecular formula is C16H18ClN3O2. The lowest BCUT2D eigenvalue weighted by Gasteiger charge is -2.20. The summed E-state index contributed by atoms with van der Waals surface area (Å²) in [5.74, 6) is 0.484. The maximum absolute atomic E-state index is 12.1. The van der Waals surface area contributed by atoms with E-state index in [2.05, 4.69) is 15.8 Å². The van der Waals surface area contributed by atoms with Crippen molar-refractivity contribution in [3.63, 3.8) is 0 Å². The number of amides is 2. The van der Waals surface area contributed by atoms with E-state index < -0.39 is 5.41 Å². The summed E-state index contributed by atoms with van der Waals surface area (Å²) in [5.41, 5.74) is 4.57. The number of rotatable bonds is 4. The van der Waals surface area contributed by atoms with Gasteiger partial charge in [0.25, 0.3) is 0 Å². The number of nitrogens with zero attached hydrogens (tertiary/aromatic N) is 1. The minimum Gasteiger partial charge on any atom is -0.326 e. The van der Waals surface area contributed by atoms with Crippen molar-refractivity contribution in [1.29, 1.82) is 0 Å². The van der Waals surface area contributed by atoms with E-state index >= 15 is 0 Å². The number of carbonyl (C=O) groups excluding carboxylic acids is 2. The van der Waals surface area contributed by atoms with Crippen LogP contribution in [0, 0.1) is 17.3 Å². The number of benzene rings is 1.